The van der Waals surface area contributed by atoms with Crippen molar-refractivity contribution in [2.24, 2.45) is 0 Å². The maximum Gasteiger partial charge on any atom is 0.237 e. The van der Waals surface area contributed by atoms with Gasteiger partial charge in [-0.2, -0.15) is 0 Å². The van der Waals surface area contributed by atoms with E-state index >= 15 is 0 Å². The van der Waals surface area contributed by atoms with Gasteiger partial charge in [-0.05, 0) is 25.1 Å². The second-order valence-corrected chi connectivity index (χ2v) is 5.40. The highest BCUT2D eigenvalue weighted by Gasteiger charge is 2.22. The van der Waals surface area contributed by atoms with Crippen LogP contribution in [0.3, 0.4) is 0 Å². The summed E-state index contributed by atoms with van der Waals surface area (Å²) in [6, 6.07) is 5.50. The molecule has 0 radical (unpaired) electrons. The number of rotatable bonds is 3. The Balaban J connectivity index is 2.90. The summed E-state index contributed by atoms with van der Waals surface area (Å²) in [7, 11) is 1.68. The van der Waals surface area contributed by atoms with E-state index in [0.717, 1.165) is 0 Å². The zero-order chi connectivity index (χ0) is 12.3. The number of amides is 1. The van der Waals surface area contributed by atoms with Crippen molar-refractivity contribution in [3.8, 4) is 0 Å². The van der Waals surface area contributed by atoms with Gasteiger partial charge in [0.25, 0.3) is 0 Å². The molecular formula is C11H14FNO2S. The molecule has 16 heavy (non-hydrogen) atoms. The molecular weight excluding hydrogens is 229 g/mol. The summed E-state index contributed by atoms with van der Waals surface area (Å²) >= 11 is 0. The van der Waals surface area contributed by atoms with Crippen molar-refractivity contribution in [1.29, 1.82) is 0 Å². The normalized spacial score (nSPS) is 14.2. The molecule has 0 aliphatic rings. The van der Waals surface area contributed by atoms with Crippen LogP contribution in [0.1, 0.15) is 6.92 Å². The standard InChI is InChI=1S/C11H14FNO2S/c1-8(11(14)13(2)3)16(15)10-6-4-5-9(12)7-10/h4-8H,1-3H3. The van der Waals surface area contributed by atoms with Crippen molar-refractivity contribution in [3.05, 3.63) is 30.1 Å². The quantitative estimate of drug-likeness (QED) is 0.805. The maximum absolute atomic E-state index is 12.9. The fraction of sp³-hybridized carbons (Fsp3) is 0.364. The molecule has 1 aromatic carbocycles. The van der Waals surface area contributed by atoms with Crippen molar-refractivity contribution < 1.29 is 13.4 Å². The summed E-state index contributed by atoms with van der Waals surface area (Å²) in [5.74, 6) is -0.682. The first-order chi connectivity index (χ1) is 7.43. The summed E-state index contributed by atoms with van der Waals surface area (Å²) in [6.07, 6.45) is 0. The van der Waals surface area contributed by atoms with Gasteiger partial charge in [0.2, 0.25) is 5.91 Å². The van der Waals surface area contributed by atoms with Crippen molar-refractivity contribution in [2.75, 3.05) is 14.1 Å². The van der Waals surface area contributed by atoms with E-state index in [1.807, 2.05) is 0 Å². The molecule has 0 aliphatic heterocycles. The summed E-state index contributed by atoms with van der Waals surface area (Å²) < 4.78 is 24.9. The molecule has 5 heteroatoms. The van der Waals surface area contributed by atoms with Crippen LogP contribution in [-0.4, -0.2) is 34.4 Å². The molecule has 0 bridgehead atoms. The van der Waals surface area contributed by atoms with Crippen LogP contribution in [0.15, 0.2) is 29.2 Å². The lowest BCUT2D eigenvalue weighted by molar-refractivity contribution is -0.127. The lowest BCUT2D eigenvalue weighted by Gasteiger charge is -2.16. The van der Waals surface area contributed by atoms with Gasteiger partial charge < -0.3 is 4.90 Å². The van der Waals surface area contributed by atoms with E-state index in [9.17, 15) is 13.4 Å². The lowest BCUT2D eigenvalue weighted by atomic mass is 10.3. The Kier molecular flexibility index (Phi) is 4.18. The Morgan fingerprint density at radius 3 is 2.56 bits per heavy atom. The van der Waals surface area contributed by atoms with Crippen LogP contribution in [0, 0.1) is 5.82 Å². The second-order valence-electron chi connectivity index (χ2n) is 3.63. The number of benzene rings is 1. The molecule has 0 aromatic heterocycles. The molecule has 88 valence electrons. The maximum atomic E-state index is 12.9. The van der Waals surface area contributed by atoms with Gasteiger partial charge in [0.15, 0.2) is 0 Å². The molecule has 1 rings (SSSR count). The molecule has 0 spiro atoms. The summed E-state index contributed by atoms with van der Waals surface area (Å²) in [5.41, 5.74) is 0. The zero-order valence-corrected chi connectivity index (χ0v) is 10.3. The van der Waals surface area contributed by atoms with Crippen LogP contribution in [0.25, 0.3) is 0 Å². The van der Waals surface area contributed by atoms with Gasteiger partial charge in [-0.1, -0.05) is 6.07 Å². The molecule has 0 fully saturated rings. The van der Waals surface area contributed by atoms with Crippen LogP contribution in [-0.2, 0) is 15.6 Å². The predicted octanol–water partition coefficient (Wildman–Crippen LogP) is 1.41. The molecule has 1 aromatic rings. The van der Waals surface area contributed by atoms with Crippen LogP contribution in [0.4, 0.5) is 4.39 Å². The summed E-state index contributed by atoms with van der Waals surface area (Å²) in [4.78, 5) is 13.3. The van der Waals surface area contributed by atoms with Crippen LogP contribution >= 0.6 is 0 Å². The van der Waals surface area contributed by atoms with Crippen molar-refractivity contribution in [2.45, 2.75) is 17.1 Å². The van der Waals surface area contributed by atoms with E-state index < -0.39 is 21.9 Å². The molecule has 2 unspecified atom stereocenters. The first-order valence-electron chi connectivity index (χ1n) is 4.81. The van der Waals surface area contributed by atoms with E-state index in [1.165, 1.54) is 23.1 Å². The molecule has 0 saturated carbocycles. The largest absolute Gasteiger partial charge is 0.348 e. The number of carbonyl (C=O) groups excluding carboxylic acids is 1. The second kappa shape index (κ2) is 5.21. The third kappa shape index (κ3) is 2.88. The topological polar surface area (TPSA) is 37.4 Å². The molecule has 0 N–H and O–H groups in total. The number of hydrogen-bond donors (Lipinski definition) is 0. The third-order valence-electron chi connectivity index (χ3n) is 2.14. The predicted molar refractivity (Wildman–Crippen MR) is 61.0 cm³/mol. The monoisotopic (exact) mass is 243 g/mol. The Hall–Kier alpha value is -1.23. The lowest BCUT2D eigenvalue weighted by Crippen LogP contribution is -2.34. The van der Waals surface area contributed by atoms with E-state index in [4.69, 9.17) is 0 Å². The van der Waals surface area contributed by atoms with Gasteiger partial charge in [0.1, 0.15) is 11.1 Å². The third-order valence-corrected chi connectivity index (χ3v) is 3.70. The highest BCUT2D eigenvalue weighted by molar-refractivity contribution is 7.86. The van der Waals surface area contributed by atoms with E-state index in [-0.39, 0.29) is 5.91 Å². The van der Waals surface area contributed by atoms with Crippen molar-refractivity contribution in [1.82, 2.24) is 4.90 Å². The van der Waals surface area contributed by atoms with Crippen LogP contribution < -0.4 is 0 Å². The van der Waals surface area contributed by atoms with E-state index in [1.54, 1.807) is 27.1 Å². The van der Waals surface area contributed by atoms with E-state index in [2.05, 4.69) is 0 Å². The average Bonchev–Trinajstić information content (AvgIpc) is 2.26. The first kappa shape index (κ1) is 12.8. The van der Waals surface area contributed by atoms with E-state index in [0.29, 0.717) is 4.90 Å². The van der Waals surface area contributed by atoms with Crippen molar-refractivity contribution >= 4 is 16.7 Å². The molecule has 3 nitrogen and oxygen atoms in total. The fourth-order valence-electron chi connectivity index (χ4n) is 1.25. The number of hydrogen-bond acceptors (Lipinski definition) is 2. The molecule has 0 aliphatic carbocycles. The van der Waals surface area contributed by atoms with Gasteiger partial charge in [-0.25, -0.2) is 4.39 Å². The Labute approximate surface area is 96.7 Å². The Morgan fingerprint density at radius 1 is 1.44 bits per heavy atom. The Bertz CT molecular complexity index is 420. The first-order valence-corrected chi connectivity index (χ1v) is 6.02. The Morgan fingerprint density at radius 2 is 2.06 bits per heavy atom. The SMILES string of the molecule is CC(C(=O)N(C)C)S(=O)c1cccc(F)c1. The molecule has 0 heterocycles. The van der Waals surface area contributed by atoms with Gasteiger partial charge in [-0.15, -0.1) is 0 Å². The summed E-state index contributed by atoms with van der Waals surface area (Å²) in [5, 5.41) is -0.670. The van der Waals surface area contributed by atoms with Crippen molar-refractivity contribution in [3.63, 3.8) is 0 Å². The number of halogens is 1. The van der Waals surface area contributed by atoms with Gasteiger partial charge in [0, 0.05) is 19.0 Å². The zero-order valence-electron chi connectivity index (χ0n) is 9.44. The minimum atomic E-state index is -1.52. The van der Waals surface area contributed by atoms with Gasteiger partial charge in [0.05, 0.1) is 10.8 Å². The minimum Gasteiger partial charge on any atom is -0.348 e. The highest BCUT2D eigenvalue weighted by Crippen LogP contribution is 2.13. The number of nitrogens with zero attached hydrogens (tertiary/aromatic N) is 1. The van der Waals surface area contributed by atoms with Crippen LogP contribution in [0.2, 0.25) is 0 Å². The fourth-order valence-corrected chi connectivity index (χ4v) is 2.50. The highest BCUT2D eigenvalue weighted by atomic mass is 32.2. The van der Waals surface area contributed by atoms with Gasteiger partial charge in [-0.3, -0.25) is 9.00 Å². The molecule has 0 saturated heterocycles. The van der Waals surface area contributed by atoms with Crippen LogP contribution in [0.5, 0.6) is 0 Å². The minimum absolute atomic E-state index is 0.234. The average molecular weight is 243 g/mol. The smallest absolute Gasteiger partial charge is 0.237 e. The summed E-state index contributed by atoms with van der Waals surface area (Å²) in [6.45, 7) is 1.57. The number of carbonyl (C=O) groups is 1. The van der Waals surface area contributed by atoms with Gasteiger partial charge >= 0.3 is 0 Å². The molecule has 1 amide bonds. The molecule has 2 atom stereocenters.